The molecule has 7 heteroatoms. The van der Waals surface area contributed by atoms with E-state index in [0.29, 0.717) is 6.54 Å². The first-order chi connectivity index (χ1) is 12.1. The fourth-order valence-electron chi connectivity index (χ4n) is 4.37. The predicted octanol–water partition coefficient (Wildman–Crippen LogP) is 3.17. The van der Waals surface area contributed by atoms with Crippen molar-refractivity contribution in [2.24, 2.45) is 10.8 Å². The molecule has 1 aromatic heterocycles. The normalized spacial score (nSPS) is 22.4. The summed E-state index contributed by atoms with van der Waals surface area (Å²) < 4.78 is 2.10. The van der Waals surface area contributed by atoms with Gasteiger partial charge in [0.2, 0.25) is 5.91 Å². The molecule has 1 aliphatic carbocycles. The monoisotopic (exact) mass is 410 g/mol. The van der Waals surface area contributed by atoms with Crippen LogP contribution in [0.1, 0.15) is 37.6 Å². The van der Waals surface area contributed by atoms with Gasteiger partial charge in [-0.2, -0.15) is 0 Å². The first-order valence-electron chi connectivity index (χ1n) is 9.16. The first-order valence-corrected chi connectivity index (χ1v) is 9.16. The van der Waals surface area contributed by atoms with Gasteiger partial charge in [0.15, 0.2) is 0 Å². The highest BCUT2D eigenvalue weighted by atomic mass is 35.5. The molecule has 1 atom stereocenters. The van der Waals surface area contributed by atoms with Gasteiger partial charge >= 0.3 is 0 Å². The largest absolute Gasteiger partial charge is 0.348 e. The molecule has 27 heavy (non-hydrogen) atoms. The Balaban J connectivity index is 0.00000131. The van der Waals surface area contributed by atoms with E-state index in [4.69, 9.17) is 0 Å². The van der Waals surface area contributed by atoms with Crippen molar-refractivity contribution in [2.75, 3.05) is 13.1 Å². The van der Waals surface area contributed by atoms with E-state index >= 15 is 0 Å². The van der Waals surface area contributed by atoms with Crippen LogP contribution < -0.4 is 10.6 Å². The van der Waals surface area contributed by atoms with Crippen molar-refractivity contribution in [2.45, 2.75) is 39.3 Å². The van der Waals surface area contributed by atoms with Crippen LogP contribution in [0.15, 0.2) is 42.7 Å². The van der Waals surface area contributed by atoms with Crippen LogP contribution in [0, 0.1) is 10.8 Å². The summed E-state index contributed by atoms with van der Waals surface area (Å²) in [6.45, 7) is 5.46. The van der Waals surface area contributed by atoms with E-state index in [0.717, 1.165) is 44.7 Å². The Hall–Kier alpha value is -1.56. The van der Waals surface area contributed by atoms with Crippen LogP contribution in [0.5, 0.6) is 0 Å². The summed E-state index contributed by atoms with van der Waals surface area (Å²) in [5.74, 6) is 1.09. The molecule has 0 radical (unpaired) electrons. The Bertz CT molecular complexity index is 758. The van der Waals surface area contributed by atoms with E-state index in [9.17, 15) is 4.79 Å². The Morgan fingerprint density at radius 1 is 1.22 bits per heavy atom. The van der Waals surface area contributed by atoms with Gasteiger partial charge in [0.1, 0.15) is 5.82 Å². The minimum atomic E-state index is -0.202. The number of halogens is 2. The third-order valence-electron chi connectivity index (χ3n) is 6.20. The van der Waals surface area contributed by atoms with Crippen LogP contribution in [-0.2, 0) is 17.9 Å². The average Bonchev–Trinajstić information content (AvgIpc) is 2.99. The maximum absolute atomic E-state index is 12.8. The number of nitrogens with one attached hydrogen (secondary N) is 2. The number of piperidine rings is 1. The molecule has 5 nitrogen and oxygen atoms in total. The van der Waals surface area contributed by atoms with E-state index in [-0.39, 0.29) is 41.6 Å². The Morgan fingerprint density at radius 3 is 2.63 bits per heavy atom. The van der Waals surface area contributed by atoms with Crippen molar-refractivity contribution in [1.29, 1.82) is 0 Å². The zero-order valence-corrected chi connectivity index (χ0v) is 17.2. The van der Waals surface area contributed by atoms with Gasteiger partial charge in [-0.15, -0.1) is 24.8 Å². The third-order valence-corrected chi connectivity index (χ3v) is 6.20. The first kappa shape index (κ1) is 21.7. The second-order valence-electron chi connectivity index (χ2n) is 7.68. The van der Waals surface area contributed by atoms with E-state index < -0.39 is 0 Å². The molecule has 2 aromatic rings. The van der Waals surface area contributed by atoms with Gasteiger partial charge in [0.05, 0.1) is 12.0 Å². The van der Waals surface area contributed by atoms with Crippen LogP contribution in [0.2, 0.25) is 0 Å². The molecule has 2 aliphatic rings. The number of rotatable bonds is 5. The van der Waals surface area contributed by atoms with Crippen molar-refractivity contribution in [3.63, 3.8) is 0 Å². The van der Waals surface area contributed by atoms with E-state index in [2.05, 4.69) is 39.2 Å². The molecule has 1 spiro atoms. The second-order valence-corrected chi connectivity index (χ2v) is 7.68. The van der Waals surface area contributed by atoms with Crippen molar-refractivity contribution in [1.82, 2.24) is 20.2 Å². The van der Waals surface area contributed by atoms with E-state index in [1.165, 1.54) is 5.56 Å². The summed E-state index contributed by atoms with van der Waals surface area (Å²) in [6, 6.07) is 10.3. The Labute approximate surface area is 173 Å². The number of hydrogen-bond donors (Lipinski definition) is 2. The molecular formula is C20H28Cl2N4O. The SMILES string of the molecule is CC1(C(=O)NCc2nccn2Cc2ccccc2)CC12CCNCC2.Cl.Cl. The molecule has 1 aromatic carbocycles. The van der Waals surface area contributed by atoms with Crippen molar-refractivity contribution < 1.29 is 4.79 Å². The highest BCUT2D eigenvalue weighted by Gasteiger charge is 2.67. The zero-order chi connectivity index (χ0) is 17.3. The topological polar surface area (TPSA) is 59.0 Å². The number of hydrogen-bond acceptors (Lipinski definition) is 3. The zero-order valence-electron chi connectivity index (χ0n) is 15.6. The number of nitrogens with zero attached hydrogens (tertiary/aromatic N) is 2. The maximum Gasteiger partial charge on any atom is 0.226 e. The Kier molecular flexibility index (Phi) is 6.95. The maximum atomic E-state index is 12.8. The number of carbonyl (C=O) groups is 1. The summed E-state index contributed by atoms with van der Waals surface area (Å²) in [4.78, 5) is 17.2. The number of imidazole rings is 1. The molecule has 4 rings (SSSR count). The molecule has 1 aliphatic heterocycles. The molecule has 1 amide bonds. The number of carbonyl (C=O) groups excluding carboxylic acids is 1. The lowest BCUT2D eigenvalue weighted by Gasteiger charge is -2.27. The number of benzene rings is 1. The average molecular weight is 411 g/mol. The molecule has 1 saturated carbocycles. The molecule has 0 bridgehead atoms. The van der Waals surface area contributed by atoms with Crippen molar-refractivity contribution in [3.8, 4) is 0 Å². The van der Waals surface area contributed by atoms with Gasteiger partial charge in [-0.3, -0.25) is 4.79 Å². The molecule has 2 fully saturated rings. The van der Waals surface area contributed by atoms with Crippen LogP contribution >= 0.6 is 24.8 Å². The van der Waals surface area contributed by atoms with E-state index in [1.54, 1.807) is 6.20 Å². The fourth-order valence-corrected chi connectivity index (χ4v) is 4.37. The molecule has 2 N–H and O–H groups in total. The van der Waals surface area contributed by atoms with Gasteiger partial charge in [-0.25, -0.2) is 4.98 Å². The summed E-state index contributed by atoms with van der Waals surface area (Å²) in [5, 5.41) is 6.54. The van der Waals surface area contributed by atoms with Crippen LogP contribution in [-0.4, -0.2) is 28.5 Å². The fraction of sp³-hybridized carbons (Fsp3) is 0.500. The summed E-state index contributed by atoms with van der Waals surface area (Å²) in [5.41, 5.74) is 1.25. The van der Waals surface area contributed by atoms with Crippen LogP contribution in [0.25, 0.3) is 0 Å². The van der Waals surface area contributed by atoms with Crippen molar-refractivity contribution >= 4 is 30.7 Å². The van der Waals surface area contributed by atoms with Gasteiger partial charge in [-0.05, 0) is 43.3 Å². The molecule has 1 unspecified atom stereocenters. The highest BCUT2D eigenvalue weighted by molar-refractivity contribution is 5.86. The standard InChI is InChI=1S/C20H26N4O.2ClH/c1-19(15-20(19)7-9-21-10-8-20)18(25)23-13-17-22-11-12-24(17)14-16-5-3-2-4-6-16;;/h2-6,11-12,21H,7-10,13-15H2,1H3,(H,23,25);2*1H. The molecule has 1 saturated heterocycles. The van der Waals surface area contributed by atoms with Crippen LogP contribution in [0.3, 0.4) is 0 Å². The smallest absolute Gasteiger partial charge is 0.226 e. The quantitative estimate of drug-likeness (QED) is 0.795. The van der Waals surface area contributed by atoms with Gasteiger partial charge < -0.3 is 15.2 Å². The van der Waals surface area contributed by atoms with Gasteiger partial charge in [-0.1, -0.05) is 37.3 Å². The van der Waals surface area contributed by atoms with E-state index in [1.807, 2.05) is 24.4 Å². The number of amides is 1. The lowest BCUT2D eigenvalue weighted by Crippen LogP contribution is -2.38. The summed E-state index contributed by atoms with van der Waals surface area (Å²) in [6.07, 6.45) is 7.02. The van der Waals surface area contributed by atoms with Gasteiger partial charge in [0, 0.05) is 18.9 Å². The second kappa shape index (κ2) is 8.63. The lowest BCUT2D eigenvalue weighted by molar-refractivity contribution is -0.127. The van der Waals surface area contributed by atoms with Crippen LogP contribution in [0.4, 0.5) is 0 Å². The predicted molar refractivity (Wildman–Crippen MR) is 111 cm³/mol. The number of aromatic nitrogens is 2. The van der Waals surface area contributed by atoms with Gasteiger partial charge in [0.25, 0.3) is 0 Å². The molecular weight excluding hydrogens is 383 g/mol. The summed E-state index contributed by atoms with van der Waals surface area (Å²) >= 11 is 0. The minimum absolute atomic E-state index is 0. The lowest BCUT2D eigenvalue weighted by atomic mass is 9.85. The highest BCUT2D eigenvalue weighted by Crippen LogP contribution is 2.68. The Morgan fingerprint density at radius 2 is 1.93 bits per heavy atom. The molecule has 2 heterocycles. The summed E-state index contributed by atoms with van der Waals surface area (Å²) in [7, 11) is 0. The van der Waals surface area contributed by atoms with Crippen molar-refractivity contribution in [3.05, 3.63) is 54.1 Å². The minimum Gasteiger partial charge on any atom is -0.348 e. The third kappa shape index (κ3) is 4.15. The molecule has 148 valence electrons.